The van der Waals surface area contributed by atoms with Crippen LogP contribution in [0.4, 0.5) is 0 Å². The van der Waals surface area contributed by atoms with Gasteiger partial charge in [-0.3, -0.25) is 9.59 Å². The van der Waals surface area contributed by atoms with Crippen molar-refractivity contribution in [2.75, 3.05) is 13.1 Å². The van der Waals surface area contributed by atoms with Crippen LogP contribution in [0.15, 0.2) is 16.9 Å². The predicted molar refractivity (Wildman–Crippen MR) is 71.8 cm³/mol. The van der Waals surface area contributed by atoms with Gasteiger partial charge in [-0.25, -0.2) is 5.10 Å². The summed E-state index contributed by atoms with van der Waals surface area (Å²) in [4.78, 5) is 25.1. The Bertz CT molecular complexity index is 479. The van der Waals surface area contributed by atoms with Gasteiger partial charge in [0, 0.05) is 25.2 Å². The van der Waals surface area contributed by atoms with Gasteiger partial charge in [0.1, 0.15) is 5.69 Å². The van der Waals surface area contributed by atoms with Crippen LogP contribution in [0.3, 0.4) is 0 Å². The van der Waals surface area contributed by atoms with Gasteiger partial charge in [-0.1, -0.05) is 13.3 Å². The van der Waals surface area contributed by atoms with Gasteiger partial charge in [-0.15, -0.1) is 0 Å². The van der Waals surface area contributed by atoms with Gasteiger partial charge in [0.15, 0.2) is 0 Å². The number of carbonyl (C=O) groups is 1. The van der Waals surface area contributed by atoms with Crippen LogP contribution < -0.4 is 11.3 Å². The molecule has 0 radical (unpaired) electrons. The van der Waals surface area contributed by atoms with Crippen molar-refractivity contribution in [3.63, 3.8) is 0 Å². The van der Waals surface area contributed by atoms with E-state index in [1.165, 1.54) is 12.1 Å². The first-order chi connectivity index (χ1) is 9.15. The maximum Gasteiger partial charge on any atom is 0.274 e. The number of piperidine rings is 1. The molecule has 3 N–H and O–H groups in total. The van der Waals surface area contributed by atoms with Crippen LogP contribution in [0.2, 0.25) is 0 Å². The highest BCUT2D eigenvalue weighted by Crippen LogP contribution is 2.25. The lowest BCUT2D eigenvalue weighted by molar-refractivity contribution is 0.0551. The van der Waals surface area contributed by atoms with Crippen LogP contribution in [0.25, 0.3) is 0 Å². The molecule has 1 aromatic rings. The van der Waals surface area contributed by atoms with E-state index in [1.807, 2.05) is 0 Å². The Kier molecular flexibility index (Phi) is 4.31. The van der Waals surface area contributed by atoms with Crippen LogP contribution >= 0.6 is 0 Å². The number of H-pyrrole nitrogens is 1. The van der Waals surface area contributed by atoms with Crippen molar-refractivity contribution >= 4 is 5.91 Å². The zero-order valence-corrected chi connectivity index (χ0v) is 11.1. The first-order valence-electron chi connectivity index (χ1n) is 6.72. The molecule has 0 aromatic carbocycles. The van der Waals surface area contributed by atoms with Crippen molar-refractivity contribution in [1.82, 2.24) is 15.1 Å². The molecule has 1 fully saturated rings. The van der Waals surface area contributed by atoms with Gasteiger partial charge >= 0.3 is 0 Å². The fraction of sp³-hybridized carbons (Fsp3) is 0.615. The topological polar surface area (TPSA) is 92.1 Å². The lowest BCUT2D eigenvalue weighted by Gasteiger charge is -2.38. The van der Waals surface area contributed by atoms with E-state index in [4.69, 9.17) is 5.73 Å². The van der Waals surface area contributed by atoms with Gasteiger partial charge in [0.2, 0.25) is 0 Å². The van der Waals surface area contributed by atoms with Crippen LogP contribution in [0.5, 0.6) is 0 Å². The van der Waals surface area contributed by atoms with E-state index in [9.17, 15) is 9.59 Å². The van der Waals surface area contributed by atoms with Crippen molar-refractivity contribution in [1.29, 1.82) is 0 Å². The van der Waals surface area contributed by atoms with Crippen LogP contribution in [-0.4, -0.2) is 40.1 Å². The largest absolute Gasteiger partial charge is 0.333 e. The van der Waals surface area contributed by atoms with Gasteiger partial charge < -0.3 is 10.6 Å². The number of nitrogens with one attached hydrogen (secondary N) is 1. The zero-order chi connectivity index (χ0) is 13.8. The molecule has 6 heteroatoms. The smallest absolute Gasteiger partial charge is 0.274 e. The number of nitrogens with two attached hydrogens (primary N) is 1. The summed E-state index contributed by atoms with van der Waals surface area (Å²) in [6.45, 7) is 3.34. The van der Waals surface area contributed by atoms with Crippen molar-refractivity contribution < 1.29 is 4.79 Å². The molecule has 19 heavy (non-hydrogen) atoms. The minimum absolute atomic E-state index is 0.0694. The average Bonchev–Trinajstić information content (AvgIpc) is 2.46. The zero-order valence-electron chi connectivity index (χ0n) is 11.1. The number of likely N-dealkylation sites (tertiary alicyclic amines) is 1. The molecule has 6 nitrogen and oxygen atoms in total. The number of nitrogens with zero attached hydrogens (tertiary/aromatic N) is 2. The molecule has 1 aromatic heterocycles. The Morgan fingerprint density at radius 2 is 2.37 bits per heavy atom. The van der Waals surface area contributed by atoms with Crippen molar-refractivity contribution in [3.05, 3.63) is 28.2 Å². The Morgan fingerprint density at radius 1 is 1.58 bits per heavy atom. The highest BCUT2D eigenvalue weighted by molar-refractivity contribution is 5.92. The predicted octanol–water partition coefficient (Wildman–Crippen LogP) is 0.359. The molecule has 1 saturated heterocycles. The maximum atomic E-state index is 12.4. The lowest BCUT2D eigenvalue weighted by Crippen LogP contribution is -2.49. The van der Waals surface area contributed by atoms with Gasteiger partial charge in [0.25, 0.3) is 11.5 Å². The third-order valence-electron chi connectivity index (χ3n) is 3.83. The monoisotopic (exact) mass is 264 g/mol. The quantitative estimate of drug-likeness (QED) is 0.824. The molecule has 0 saturated carbocycles. The average molecular weight is 264 g/mol. The first-order valence-corrected chi connectivity index (χ1v) is 6.72. The number of aromatic amines is 1. The van der Waals surface area contributed by atoms with Crippen molar-refractivity contribution in [2.24, 2.45) is 11.7 Å². The molecule has 2 unspecified atom stereocenters. The lowest BCUT2D eigenvalue weighted by atomic mass is 9.88. The Hall–Kier alpha value is -1.69. The second-order valence-corrected chi connectivity index (χ2v) is 4.99. The summed E-state index contributed by atoms with van der Waals surface area (Å²) < 4.78 is 0. The van der Waals surface area contributed by atoms with Gasteiger partial charge in [-0.05, 0) is 24.8 Å². The van der Waals surface area contributed by atoms with Crippen molar-refractivity contribution in [3.8, 4) is 0 Å². The van der Waals surface area contributed by atoms with Crippen LogP contribution in [-0.2, 0) is 0 Å². The van der Waals surface area contributed by atoms with E-state index in [0.717, 1.165) is 19.3 Å². The molecule has 2 atom stereocenters. The van der Waals surface area contributed by atoms with Gasteiger partial charge in [0.05, 0.1) is 0 Å². The molecule has 2 rings (SSSR count). The molecule has 0 spiro atoms. The molecule has 2 heterocycles. The molecular formula is C13H20N4O2. The molecule has 104 valence electrons. The minimum Gasteiger partial charge on any atom is -0.333 e. The summed E-state index contributed by atoms with van der Waals surface area (Å²) >= 11 is 0. The van der Waals surface area contributed by atoms with E-state index < -0.39 is 0 Å². The summed E-state index contributed by atoms with van der Waals surface area (Å²) in [6, 6.07) is 2.84. The normalized spacial score (nSPS) is 23.4. The number of aromatic nitrogens is 2. The number of hydrogen-bond acceptors (Lipinski definition) is 4. The highest BCUT2D eigenvalue weighted by Gasteiger charge is 2.31. The Balaban J connectivity index is 2.13. The maximum absolute atomic E-state index is 12.4. The minimum atomic E-state index is -0.309. The SMILES string of the molecule is CCC1CCN(C(=O)c2ccc(=O)[nH]n2)C(CN)C1. The summed E-state index contributed by atoms with van der Waals surface area (Å²) in [5.41, 5.74) is 5.74. The van der Waals surface area contributed by atoms with E-state index in [-0.39, 0.29) is 23.2 Å². The summed E-state index contributed by atoms with van der Waals surface area (Å²) in [5.74, 6) is 0.488. The standard InChI is InChI=1S/C13H20N4O2/c1-2-9-5-6-17(10(7-9)8-14)13(19)11-3-4-12(18)16-15-11/h3-4,9-10H,2,5-8,14H2,1H3,(H,16,18). The van der Waals surface area contributed by atoms with E-state index >= 15 is 0 Å². The Labute approximate surface area is 112 Å². The van der Waals surface area contributed by atoms with E-state index in [1.54, 1.807) is 4.90 Å². The third-order valence-corrected chi connectivity index (χ3v) is 3.83. The molecular weight excluding hydrogens is 244 g/mol. The van der Waals surface area contributed by atoms with E-state index in [0.29, 0.717) is 19.0 Å². The summed E-state index contributed by atoms with van der Waals surface area (Å²) in [6.07, 6.45) is 3.07. The first kappa shape index (κ1) is 13.7. The molecule has 0 bridgehead atoms. The molecule has 1 aliphatic heterocycles. The summed E-state index contributed by atoms with van der Waals surface area (Å²) in [7, 11) is 0. The molecule has 1 amide bonds. The number of rotatable bonds is 3. The third kappa shape index (κ3) is 3.01. The fourth-order valence-corrected chi connectivity index (χ4v) is 2.61. The summed E-state index contributed by atoms with van der Waals surface area (Å²) in [5, 5.41) is 6.08. The Morgan fingerprint density at radius 3 is 2.95 bits per heavy atom. The fourth-order valence-electron chi connectivity index (χ4n) is 2.61. The van der Waals surface area contributed by atoms with Crippen molar-refractivity contribution in [2.45, 2.75) is 32.2 Å². The van der Waals surface area contributed by atoms with Crippen LogP contribution in [0, 0.1) is 5.92 Å². The van der Waals surface area contributed by atoms with Gasteiger partial charge in [-0.2, -0.15) is 5.10 Å². The number of hydrogen-bond donors (Lipinski definition) is 2. The van der Waals surface area contributed by atoms with E-state index in [2.05, 4.69) is 17.1 Å². The highest BCUT2D eigenvalue weighted by atomic mass is 16.2. The number of carbonyl (C=O) groups excluding carboxylic acids is 1. The number of amides is 1. The molecule has 1 aliphatic rings. The molecule has 0 aliphatic carbocycles. The second kappa shape index (κ2) is 5.97. The van der Waals surface area contributed by atoms with Crippen LogP contribution in [0.1, 0.15) is 36.7 Å². The second-order valence-electron chi connectivity index (χ2n) is 4.99.